The number of rotatable bonds is 5. The molecule has 25 heavy (non-hydrogen) atoms. The van der Waals surface area contributed by atoms with Gasteiger partial charge in [-0.15, -0.1) is 0 Å². The minimum Gasteiger partial charge on any atom is -0.496 e. The van der Waals surface area contributed by atoms with Gasteiger partial charge in [-0.25, -0.2) is 0 Å². The van der Waals surface area contributed by atoms with Gasteiger partial charge in [-0.1, -0.05) is 18.2 Å². The van der Waals surface area contributed by atoms with E-state index < -0.39 is 0 Å². The highest BCUT2D eigenvalue weighted by atomic mass is 16.5. The van der Waals surface area contributed by atoms with Crippen LogP contribution in [0.15, 0.2) is 48.5 Å². The number of methoxy groups -OCH3 is 1. The minimum atomic E-state index is -0.102. The van der Waals surface area contributed by atoms with Crippen molar-refractivity contribution < 1.29 is 14.3 Å². The Kier molecular flexibility index (Phi) is 5.18. The van der Waals surface area contributed by atoms with E-state index in [9.17, 15) is 9.59 Å². The zero-order valence-corrected chi connectivity index (χ0v) is 14.1. The molecule has 6 heteroatoms. The standard InChI is InChI=1S/C19H21N3O3/c1-25-17-5-3-2-4-14(17)12-18(23)21-15-6-8-16(9-7-15)22-11-10-20-19(24)13-22/h2-9H,10-13H2,1H3,(H,20,24)(H,21,23). The van der Waals surface area contributed by atoms with Crippen LogP contribution in [0.4, 0.5) is 11.4 Å². The molecule has 6 nitrogen and oxygen atoms in total. The van der Waals surface area contributed by atoms with Gasteiger partial charge in [0.15, 0.2) is 0 Å². The summed E-state index contributed by atoms with van der Waals surface area (Å²) in [7, 11) is 1.59. The number of carbonyl (C=O) groups excluding carboxylic acids is 2. The maximum Gasteiger partial charge on any atom is 0.239 e. The van der Waals surface area contributed by atoms with Crippen LogP contribution in [0.5, 0.6) is 5.75 Å². The Morgan fingerprint density at radius 1 is 1.20 bits per heavy atom. The second-order valence-electron chi connectivity index (χ2n) is 5.86. The molecule has 1 saturated heterocycles. The number of hydrogen-bond donors (Lipinski definition) is 2. The average Bonchev–Trinajstić information content (AvgIpc) is 2.63. The summed E-state index contributed by atoms with van der Waals surface area (Å²) in [5.74, 6) is 0.631. The van der Waals surface area contributed by atoms with E-state index in [1.807, 2.05) is 53.4 Å². The van der Waals surface area contributed by atoms with Crippen LogP contribution in [0.2, 0.25) is 0 Å². The van der Waals surface area contributed by atoms with Gasteiger partial charge < -0.3 is 20.3 Å². The molecule has 0 unspecified atom stereocenters. The zero-order valence-electron chi connectivity index (χ0n) is 14.1. The molecule has 0 saturated carbocycles. The second-order valence-corrected chi connectivity index (χ2v) is 5.86. The normalized spacial score (nSPS) is 14.0. The van der Waals surface area contributed by atoms with Crippen molar-refractivity contribution in [3.63, 3.8) is 0 Å². The molecule has 2 aromatic carbocycles. The highest BCUT2D eigenvalue weighted by molar-refractivity contribution is 5.92. The summed E-state index contributed by atoms with van der Waals surface area (Å²) in [6.45, 7) is 1.79. The van der Waals surface area contributed by atoms with Gasteiger partial charge in [0.2, 0.25) is 11.8 Å². The van der Waals surface area contributed by atoms with Crippen molar-refractivity contribution in [1.82, 2.24) is 5.32 Å². The van der Waals surface area contributed by atoms with Gasteiger partial charge in [-0.05, 0) is 30.3 Å². The van der Waals surface area contributed by atoms with Crippen LogP contribution >= 0.6 is 0 Å². The SMILES string of the molecule is COc1ccccc1CC(=O)Nc1ccc(N2CCNC(=O)C2)cc1. The fourth-order valence-electron chi connectivity index (χ4n) is 2.84. The van der Waals surface area contributed by atoms with Crippen molar-refractivity contribution in [2.24, 2.45) is 0 Å². The van der Waals surface area contributed by atoms with E-state index in [4.69, 9.17) is 4.74 Å². The number of nitrogens with one attached hydrogen (secondary N) is 2. The van der Waals surface area contributed by atoms with E-state index in [1.54, 1.807) is 7.11 Å². The van der Waals surface area contributed by atoms with Crippen LogP contribution in [0.1, 0.15) is 5.56 Å². The first-order valence-electron chi connectivity index (χ1n) is 8.19. The van der Waals surface area contributed by atoms with Crippen LogP contribution in [0.3, 0.4) is 0 Å². The summed E-state index contributed by atoms with van der Waals surface area (Å²) in [6.07, 6.45) is 0.248. The van der Waals surface area contributed by atoms with Crippen molar-refractivity contribution >= 4 is 23.2 Å². The number of para-hydroxylation sites is 1. The van der Waals surface area contributed by atoms with Crippen molar-refractivity contribution in [1.29, 1.82) is 0 Å². The third-order valence-electron chi connectivity index (χ3n) is 4.10. The first kappa shape index (κ1) is 16.8. The van der Waals surface area contributed by atoms with Crippen LogP contribution in [-0.4, -0.2) is 38.6 Å². The number of amides is 2. The molecular weight excluding hydrogens is 318 g/mol. The van der Waals surface area contributed by atoms with Crippen LogP contribution in [0, 0.1) is 0 Å². The summed E-state index contributed by atoms with van der Waals surface area (Å²) in [5.41, 5.74) is 2.54. The zero-order chi connectivity index (χ0) is 17.6. The molecule has 1 aliphatic rings. The van der Waals surface area contributed by atoms with Gasteiger partial charge in [0.05, 0.1) is 20.1 Å². The molecule has 0 atom stereocenters. The second kappa shape index (κ2) is 7.70. The van der Waals surface area contributed by atoms with Crippen LogP contribution in [0.25, 0.3) is 0 Å². The van der Waals surface area contributed by atoms with E-state index in [0.29, 0.717) is 18.8 Å². The summed E-state index contributed by atoms with van der Waals surface area (Å²) >= 11 is 0. The number of carbonyl (C=O) groups is 2. The van der Waals surface area contributed by atoms with Crippen molar-refractivity contribution in [2.75, 3.05) is 37.0 Å². The number of ether oxygens (including phenoxy) is 1. The lowest BCUT2D eigenvalue weighted by molar-refractivity contribution is -0.120. The van der Waals surface area contributed by atoms with E-state index in [0.717, 1.165) is 23.5 Å². The lowest BCUT2D eigenvalue weighted by Gasteiger charge is -2.28. The molecule has 0 aromatic heterocycles. The van der Waals surface area contributed by atoms with Gasteiger partial charge in [-0.2, -0.15) is 0 Å². The molecule has 3 rings (SSSR count). The third-order valence-corrected chi connectivity index (χ3v) is 4.10. The summed E-state index contributed by atoms with van der Waals surface area (Å²) in [6, 6.07) is 15.0. The molecule has 1 heterocycles. The molecule has 0 bridgehead atoms. The maximum absolute atomic E-state index is 12.2. The Labute approximate surface area is 146 Å². The summed E-state index contributed by atoms with van der Waals surface area (Å²) in [5, 5.41) is 5.69. The van der Waals surface area contributed by atoms with Crippen molar-refractivity contribution in [2.45, 2.75) is 6.42 Å². The van der Waals surface area contributed by atoms with E-state index in [1.165, 1.54) is 0 Å². The Balaban J connectivity index is 1.61. The van der Waals surface area contributed by atoms with Gasteiger partial charge >= 0.3 is 0 Å². The number of benzene rings is 2. The quantitative estimate of drug-likeness (QED) is 0.872. The van der Waals surface area contributed by atoms with E-state index in [2.05, 4.69) is 10.6 Å². The highest BCUT2D eigenvalue weighted by Crippen LogP contribution is 2.20. The first-order chi connectivity index (χ1) is 12.2. The number of nitrogens with zero attached hydrogens (tertiary/aromatic N) is 1. The highest BCUT2D eigenvalue weighted by Gasteiger charge is 2.16. The number of hydrogen-bond acceptors (Lipinski definition) is 4. The molecule has 0 radical (unpaired) electrons. The fraction of sp³-hybridized carbons (Fsp3) is 0.263. The summed E-state index contributed by atoms with van der Waals surface area (Å²) in [4.78, 5) is 25.7. The van der Waals surface area contributed by atoms with Crippen LogP contribution < -0.4 is 20.3 Å². The lowest BCUT2D eigenvalue weighted by Crippen LogP contribution is -2.47. The topological polar surface area (TPSA) is 70.7 Å². The average molecular weight is 339 g/mol. The molecule has 1 aliphatic heterocycles. The predicted octanol–water partition coefficient (Wildman–Crippen LogP) is 1.81. The Morgan fingerprint density at radius 2 is 1.96 bits per heavy atom. The van der Waals surface area contributed by atoms with Crippen molar-refractivity contribution in [3.8, 4) is 5.75 Å². The third kappa shape index (κ3) is 4.29. The fourth-order valence-corrected chi connectivity index (χ4v) is 2.84. The Morgan fingerprint density at radius 3 is 2.68 bits per heavy atom. The lowest BCUT2D eigenvalue weighted by atomic mass is 10.1. The largest absolute Gasteiger partial charge is 0.496 e. The van der Waals surface area contributed by atoms with Gasteiger partial charge in [-0.3, -0.25) is 9.59 Å². The molecule has 2 aromatic rings. The van der Waals surface area contributed by atoms with Gasteiger partial charge in [0.25, 0.3) is 0 Å². The summed E-state index contributed by atoms with van der Waals surface area (Å²) < 4.78 is 5.27. The Bertz CT molecular complexity index is 759. The van der Waals surface area contributed by atoms with Gasteiger partial charge in [0, 0.05) is 30.0 Å². The molecular formula is C19H21N3O3. The molecule has 2 amide bonds. The molecule has 2 N–H and O–H groups in total. The van der Waals surface area contributed by atoms with Crippen LogP contribution in [-0.2, 0) is 16.0 Å². The maximum atomic E-state index is 12.2. The van der Waals surface area contributed by atoms with Crippen molar-refractivity contribution in [3.05, 3.63) is 54.1 Å². The number of anilines is 2. The predicted molar refractivity (Wildman–Crippen MR) is 97.0 cm³/mol. The number of piperazine rings is 1. The molecule has 0 aliphatic carbocycles. The molecule has 0 spiro atoms. The van der Waals surface area contributed by atoms with Gasteiger partial charge in [0.1, 0.15) is 5.75 Å². The molecule has 1 fully saturated rings. The minimum absolute atomic E-state index is 0.0282. The van der Waals surface area contributed by atoms with E-state index >= 15 is 0 Å². The van der Waals surface area contributed by atoms with E-state index in [-0.39, 0.29) is 18.2 Å². The molecule has 130 valence electrons. The monoisotopic (exact) mass is 339 g/mol. The Hall–Kier alpha value is -3.02. The smallest absolute Gasteiger partial charge is 0.239 e. The first-order valence-corrected chi connectivity index (χ1v) is 8.19.